The van der Waals surface area contributed by atoms with E-state index in [9.17, 15) is 13.2 Å². The molecular formula is C25H28N4O4S. The predicted octanol–water partition coefficient (Wildman–Crippen LogP) is 4.58. The number of hydrogen-bond acceptors (Lipinski definition) is 6. The van der Waals surface area contributed by atoms with E-state index in [-0.39, 0.29) is 27.3 Å². The molecule has 2 bridgehead atoms. The van der Waals surface area contributed by atoms with Crippen LogP contribution in [0.5, 0.6) is 0 Å². The number of hydrogen-bond donors (Lipinski definition) is 1. The van der Waals surface area contributed by atoms with E-state index < -0.39 is 15.9 Å². The molecule has 1 saturated carbocycles. The normalized spacial score (nSPS) is 24.1. The summed E-state index contributed by atoms with van der Waals surface area (Å²) in [6.45, 7) is 7.13. The van der Waals surface area contributed by atoms with Crippen molar-refractivity contribution in [3.63, 3.8) is 0 Å². The molecule has 2 unspecified atom stereocenters. The van der Waals surface area contributed by atoms with Gasteiger partial charge in [0.1, 0.15) is 0 Å². The Hall–Kier alpha value is -3.04. The Morgan fingerprint density at radius 1 is 1.12 bits per heavy atom. The molecule has 1 amide bonds. The first kappa shape index (κ1) is 22.7. The monoisotopic (exact) mass is 480 g/mol. The Morgan fingerprint density at radius 2 is 1.91 bits per heavy atom. The van der Waals surface area contributed by atoms with Crippen LogP contribution in [0.4, 0.5) is 5.69 Å². The number of nitrogens with one attached hydrogen (secondary N) is 1. The maximum absolute atomic E-state index is 13.6. The molecule has 0 radical (unpaired) electrons. The lowest BCUT2D eigenvalue weighted by Gasteiger charge is -2.39. The van der Waals surface area contributed by atoms with E-state index in [1.807, 2.05) is 0 Å². The Balaban J connectivity index is 1.38. The van der Waals surface area contributed by atoms with Crippen molar-refractivity contribution < 1.29 is 17.6 Å². The second-order valence-electron chi connectivity index (χ2n) is 10.6. The maximum atomic E-state index is 13.6. The fourth-order valence-corrected chi connectivity index (χ4v) is 7.67. The van der Waals surface area contributed by atoms with Crippen molar-refractivity contribution in [1.82, 2.24) is 14.5 Å². The highest BCUT2D eigenvalue weighted by molar-refractivity contribution is 7.89. The average molecular weight is 481 g/mol. The number of aromatic nitrogens is 2. The third-order valence-electron chi connectivity index (χ3n) is 6.80. The number of carbonyl (C=O) groups excluding carboxylic acids is 1. The van der Waals surface area contributed by atoms with Gasteiger partial charge < -0.3 is 9.73 Å². The van der Waals surface area contributed by atoms with Gasteiger partial charge in [0, 0.05) is 29.4 Å². The maximum Gasteiger partial charge on any atom is 0.255 e. The highest BCUT2D eigenvalue weighted by Gasteiger charge is 2.53. The molecule has 2 aromatic carbocycles. The number of nitrogens with zero attached hydrogens (tertiary/aromatic N) is 3. The smallest absolute Gasteiger partial charge is 0.255 e. The Kier molecular flexibility index (Phi) is 5.37. The lowest BCUT2D eigenvalue weighted by molar-refractivity contribution is 0.102. The van der Waals surface area contributed by atoms with E-state index >= 15 is 0 Å². The number of sulfonamides is 1. The first-order valence-electron chi connectivity index (χ1n) is 11.3. The van der Waals surface area contributed by atoms with E-state index in [4.69, 9.17) is 4.42 Å². The molecule has 2 heterocycles. The first-order valence-corrected chi connectivity index (χ1v) is 12.8. The van der Waals surface area contributed by atoms with E-state index in [1.165, 1.54) is 12.5 Å². The van der Waals surface area contributed by atoms with Gasteiger partial charge in [-0.15, -0.1) is 10.2 Å². The summed E-state index contributed by atoms with van der Waals surface area (Å²) < 4.78 is 34.1. The van der Waals surface area contributed by atoms with E-state index in [2.05, 4.69) is 36.3 Å². The summed E-state index contributed by atoms with van der Waals surface area (Å²) in [5, 5.41) is 10.4. The molecule has 2 fully saturated rings. The first-order chi connectivity index (χ1) is 16.0. The van der Waals surface area contributed by atoms with Gasteiger partial charge >= 0.3 is 0 Å². The number of anilines is 1. The minimum atomic E-state index is -3.72. The molecule has 2 atom stereocenters. The summed E-state index contributed by atoms with van der Waals surface area (Å²) in [5.74, 6) is -0.0510. The average Bonchev–Trinajstić information content (AvgIpc) is 3.39. The zero-order valence-corrected chi connectivity index (χ0v) is 20.3. The second kappa shape index (κ2) is 8.02. The van der Waals surface area contributed by atoms with Crippen molar-refractivity contribution in [1.29, 1.82) is 0 Å². The van der Waals surface area contributed by atoms with Gasteiger partial charge in [-0.2, -0.15) is 4.31 Å². The highest BCUT2D eigenvalue weighted by atomic mass is 32.2. The summed E-state index contributed by atoms with van der Waals surface area (Å²) in [6.07, 6.45) is 3.97. The summed E-state index contributed by atoms with van der Waals surface area (Å²) in [6, 6.07) is 13.3. The van der Waals surface area contributed by atoms with Gasteiger partial charge in [-0.3, -0.25) is 4.79 Å². The van der Waals surface area contributed by atoms with Crippen LogP contribution < -0.4 is 5.32 Å². The standard InChI is InChI=1S/C25H28N4O4S/c1-24(2)12-20-13-25(3,14-24)15-29(20)34(31,32)21-9-5-6-17(11-21)22(30)27-19-8-4-7-18(10-19)23-28-26-16-33-23/h4-11,16,20H,12-15H2,1-3H3,(H,27,30). The van der Waals surface area contributed by atoms with Gasteiger partial charge in [-0.25, -0.2) is 8.42 Å². The molecule has 5 rings (SSSR count). The Bertz CT molecular complexity index is 1340. The minimum absolute atomic E-state index is 0.0105. The molecule has 178 valence electrons. The fraction of sp³-hybridized carbons (Fsp3) is 0.400. The molecule has 1 aliphatic heterocycles. The van der Waals surface area contributed by atoms with E-state index in [1.54, 1.807) is 46.8 Å². The topological polar surface area (TPSA) is 105 Å². The van der Waals surface area contributed by atoms with Crippen molar-refractivity contribution in [2.24, 2.45) is 10.8 Å². The van der Waals surface area contributed by atoms with Crippen LogP contribution in [0, 0.1) is 10.8 Å². The zero-order chi connectivity index (χ0) is 24.1. The van der Waals surface area contributed by atoms with Crippen LogP contribution in [0.1, 0.15) is 50.4 Å². The molecule has 0 spiro atoms. The molecule has 34 heavy (non-hydrogen) atoms. The van der Waals surface area contributed by atoms with Crippen LogP contribution >= 0.6 is 0 Å². The van der Waals surface area contributed by atoms with Gasteiger partial charge in [0.25, 0.3) is 5.91 Å². The van der Waals surface area contributed by atoms with Crippen LogP contribution in [0.25, 0.3) is 11.5 Å². The number of carbonyl (C=O) groups is 1. The van der Waals surface area contributed by atoms with Gasteiger partial charge in [0.15, 0.2) is 0 Å². The lowest BCUT2D eigenvalue weighted by atomic mass is 9.65. The number of rotatable bonds is 5. The lowest BCUT2D eigenvalue weighted by Crippen LogP contribution is -2.37. The van der Waals surface area contributed by atoms with Crippen LogP contribution in [-0.4, -0.2) is 41.4 Å². The summed E-state index contributed by atoms with van der Waals surface area (Å²) in [7, 11) is -3.72. The van der Waals surface area contributed by atoms with E-state index in [0.717, 1.165) is 19.3 Å². The van der Waals surface area contributed by atoms with Gasteiger partial charge in [0.2, 0.25) is 22.3 Å². The summed E-state index contributed by atoms with van der Waals surface area (Å²) in [5.41, 5.74) is 1.58. The molecule has 2 aliphatic rings. The molecule has 1 aliphatic carbocycles. The van der Waals surface area contributed by atoms with Crippen LogP contribution in [0.15, 0.2) is 64.2 Å². The van der Waals surface area contributed by atoms with Crippen molar-refractivity contribution in [2.45, 2.75) is 51.0 Å². The highest BCUT2D eigenvalue weighted by Crippen LogP contribution is 2.53. The largest absolute Gasteiger partial charge is 0.423 e. The van der Waals surface area contributed by atoms with Crippen molar-refractivity contribution in [2.75, 3.05) is 11.9 Å². The minimum Gasteiger partial charge on any atom is -0.423 e. The van der Waals surface area contributed by atoms with Crippen molar-refractivity contribution in [3.05, 3.63) is 60.5 Å². The number of fused-ring (bicyclic) bond motifs is 2. The second-order valence-corrected chi connectivity index (χ2v) is 12.5. The zero-order valence-electron chi connectivity index (χ0n) is 19.5. The number of benzene rings is 2. The molecule has 1 aromatic heterocycles. The van der Waals surface area contributed by atoms with Crippen molar-refractivity contribution >= 4 is 21.6 Å². The Morgan fingerprint density at radius 3 is 2.68 bits per heavy atom. The quantitative estimate of drug-likeness (QED) is 0.573. The third kappa shape index (κ3) is 4.25. The van der Waals surface area contributed by atoms with Crippen molar-refractivity contribution in [3.8, 4) is 11.5 Å². The van der Waals surface area contributed by atoms with Gasteiger partial charge in [-0.1, -0.05) is 32.9 Å². The molecule has 9 heteroatoms. The third-order valence-corrected chi connectivity index (χ3v) is 8.69. The SMILES string of the molecule is CC1(C)CC2CC(C)(CN2S(=O)(=O)c2cccc(C(=O)Nc3cccc(-c4nnco4)c3)c2)C1. The van der Waals surface area contributed by atoms with Crippen LogP contribution in [-0.2, 0) is 10.0 Å². The summed E-state index contributed by atoms with van der Waals surface area (Å²) in [4.78, 5) is 13.1. The van der Waals surface area contributed by atoms with Crippen LogP contribution in [0.3, 0.4) is 0 Å². The number of amides is 1. The predicted molar refractivity (Wildman–Crippen MR) is 128 cm³/mol. The molecule has 3 aromatic rings. The molecule has 1 saturated heterocycles. The van der Waals surface area contributed by atoms with Crippen LogP contribution in [0.2, 0.25) is 0 Å². The van der Waals surface area contributed by atoms with Gasteiger partial charge in [-0.05, 0) is 66.5 Å². The Labute approximate surface area is 199 Å². The molecule has 8 nitrogen and oxygen atoms in total. The summed E-state index contributed by atoms with van der Waals surface area (Å²) >= 11 is 0. The fourth-order valence-electron chi connectivity index (χ4n) is 5.85. The molecular weight excluding hydrogens is 452 g/mol. The van der Waals surface area contributed by atoms with Gasteiger partial charge in [0.05, 0.1) is 4.90 Å². The van der Waals surface area contributed by atoms with E-state index in [0.29, 0.717) is 23.7 Å². The molecule has 1 N–H and O–H groups in total.